The Labute approximate surface area is 175 Å². The molecule has 1 heterocycles. The van der Waals surface area contributed by atoms with Crippen molar-refractivity contribution in [2.45, 2.75) is 46.2 Å². The third-order valence-electron chi connectivity index (χ3n) is 4.81. The molecule has 1 N–H and O–H groups in total. The van der Waals surface area contributed by atoms with Crippen molar-refractivity contribution in [1.82, 2.24) is 15.1 Å². The molecule has 0 bridgehead atoms. The van der Waals surface area contributed by atoms with Gasteiger partial charge in [-0.05, 0) is 63.8 Å². The average molecular weight is 476 g/mol. The van der Waals surface area contributed by atoms with Gasteiger partial charge in [0.05, 0.1) is 0 Å². The number of likely N-dealkylation sites (tertiary alicyclic amines) is 1. The van der Waals surface area contributed by atoms with Gasteiger partial charge in [0.1, 0.15) is 5.82 Å². The summed E-state index contributed by atoms with van der Waals surface area (Å²) in [5, 5.41) is 3.38. The number of benzene rings is 1. The third kappa shape index (κ3) is 7.39. The first kappa shape index (κ1) is 23.1. The minimum Gasteiger partial charge on any atom is -0.357 e. The molecular weight excluding hydrogens is 442 g/mol. The summed E-state index contributed by atoms with van der Waals surface area (Å²) >= 11 is 0. The summed E-state index contributed by atoms with van der Waals surface area (Å²) in [5.74, 6) is 1.36. The van der Waals surface area contributed by atoms with Gasteiger partial charge in [0.15, 0.2) is 5.96 Å². The molecule has 1 unspecified atom stereocenters. The zero-order valence-electron chi connectivity index (χ0n) is 16.5. The van der Waals surface area contributed by atoms with Crippen molar-refractivity contribution in [1.29, 1.82) is 0 Å². The monoisotopic (exact) mass is 476 g/mol. The van der Waals surface area contributed by atoms with Crippen LogP contribution in [-0.4, -0.2) is 55.0 Å². The van der Waals surface area contributed by atoms with E-state index < -0.39 is 0 Å². The van der Waals surface area contributed by atoms with E-state index in [-0.39, 0.29) is 29.8 Å². The highest BCUT2D eigenvalue weighted by Crippen LogP contribution is 2.18. The molecule has 0 amide bonds. The largest absolute Gasteiger partial charge is 0.357 e. The summed E-state index contributed by atoms with van der Waals surface area (Å²) in [7, 11) is 2.03. The van der Waals surface area contributed by atoms with Gasteiger partial charge in [0, 0.05) is 39.3 Å². The minimum atomic E-state index is -0.195. The first-order valence-corrected chi connectivity index (χ1v) is 9.47. The first-order valence-electron chi connectivity index (χ1n) is 9.47. The van der Waals surface area contributed by atoms with Crippen LogP contribution >= 0.6 is 24.0 Å². The lowest BCUT2D eigenvalue weighted by Crippen LogP contribution is -2.42. The molecule has 1 fully saturated rings. The van der Waals surface area contributed by atoms with E-state index in [1.165, 1.54) is 31.5 Å². The van der Waals surface area contributed by atoms with Crippen molar-refractivity contribution in [2.75, 3.05) is 33.2 Å². The maximum atomic E-state index is 13.1. The Kier molecular flexibility index (Phi) is 10.5. The van der Waals surface area contributed by atoms with Gasteiger partial charge in [0.2, 0.25) is 0 Å². The van der Waals surface area contributed by atoms with Gasteiger partial charge < -0.3 is 15.1 Å². The van der Waals surface area contributed by atoms with Gasteiger partial charge in [-0.15, -0.1) is 24.0 Å². The van der Waals surface area contributed by atoms with Crippen molar-refractivity contribution in [3.8, 4) is 0 Å². The topological polar surface area (TPSA) is 30.9 Å². The smallest absolute Gasteiger partial charge is 0.193 e. The normalized spacial score (nSPS) is 18.5. The Morgan fingerprint density at radius 2 is 2.04 bits per heavy atom. The predicted octanol–water partition coefficient (Wildman–Crippen LogP) is 3.96. The molecule has 0 spiro atoms. The summed E-state index contributed by atoms with van der Waals surface area (Å²) in [6.45, 7) is 11.4. The van der Waals surface area contributed by atoms with Crippen molar-refractivity contribution < 1.29 is 4.39 Å². The Bertz CT molecular complexity index is 547. The SMILES string of the molecule is CCNC(=NCC1CCCN(C(C)C)C1)N(C)Cc1ccc(F)cc1.I. The highest BCUT2D eigenvalue weighted by molar-refractivity contribution is 14.0. The maximum absolute atomic E-state index is 13.1. The molecule has 4 nitrogen and oxygen atoms in total. The second-order valence-corrected chi connectivity index (χ2v) is 7.27. The van der Waals surface area contributed by atoms with Crippen LogP contribution in [0.2, 0.25) is 0 Å². The van der Waals surface area contributed by atoms with E-state index in [0.29, 0.717) is 12.0 Å². The number of halogens is 2. The number of hydrogen-bond acceptors (Lipinski definition) is 2. The summed E-state index contributed by atoms with van der Waals surface area (Å²) in [4.78, 5) is 9.54. The third-order valence-corrected chi connectivity index (χ3v) is 4.81. The Balaban J connectivity index is 0.00000338. The van der Waals surface area contributed by atoms with Crippen LogP contribution in [0.5, 0.6) is 0 Å². The van der Waals surface area contributed by atoms with Gasteiger partial charge in [-0.25, -0.2) is 4.39 Å². The molecule has 0 saturated carbocycles. The molecule has 1 aromatic carbocycles. The van der Waals surface area contributed by atoms with Crippen molar-refractivity contribution >= 4 is 29.9 Å². The molecule has 1 atom stereocenters. The molecule has 1 aliphatic rings. The van der Waals surface area contributed by atoms with Crippen LogP contribution in [0.15, 0.2) is 29.3 Å². The van der Waals surface area contributed by atoms with Gasteiger partial charge in [-0.3, -0.25) is 4.99 Å². The molecule has 1 saturated heterocycles. The van der Waals surface area contributed by atoms with Gasteiger partial charge >= 0.3 is 0 Å². The quantitative estimate of drug-likeness (QED) is 0.383. The van der Waals surface area contributed by atoms with Crippen molar-refractivity contribution in [3.05, 3.63) is 35.6 Å². The molecular formula is C20H34FIN4. The fourth-order valence-electron chi connectivity index (χ4n) is 3.34. The second kappa shape index (κ2) is 11.7. The summed E-state index contributed by atoms with van der Waals surface area (Å²) < 4.78 is 13.1. The van der Waals surface area contributed by atoms with E-state index in [9.17, 15) is 4.39 Å². The van der Waals surface area contributed by atoms with E-state index in [4.69, 9.17) is 4.99 Å². The van der Waals surface area contributed by atoms with Crippen LogP contribution in [0.4, 0.5) is 4.39 Å². The molecule has 0 aromatic heterocycles. The Hall–Kier alpha value is -0.890. The lowest BCUT2D eigenvalue weighted by atomic mass is 9.97. The lowest BCUT2D eigenvalue weighted by molar-refractivity contribution is 0.143. The Morgan fingerprint density at radius 1 is 1.35 bits per heavy atom. The fraction of sp³-hybridized carbons (Fsp3) is 0.650. The summed E-state index contributed by atoms with van der Waals surface area (Å²) in [5.41, 5.74) is 1.08. The number of piperidine rings is 1. The van der Waals surface area contributed by atoms with Crippen LogP contribution in [-0.2, 0) is 6.54 Å². The van der Waals surface area contributed by atoms with E-state index >= 15 is 0 Å². The molecule has 0 radical (unpaired) electrons. The average Bonchev–Trinajstić information content (AvgIpc) is 2.60. The first-order chi connectivity index (χ1) is 12.0. The molecule has 26 heavy (non-hydrogen) atoms. The lowest BCUT2D eigenvalue weighted by Gasteiger charge is -2.35. The van der Waals surface area contributed by atoms with E-state index in [1.807, 2.05) is 19.2 Å². The number of rotatable bonds is 6. The number of hydrogen-bond donors (Lipinski definition) is 1. The number of aliphatic imine (C=N–C) groups is 1. The molecule has 6 heteroatoms. The van der Waals surface area contributed by atoms with Crippen molar-refractivity contribution in [2.24, 2.45) is 10.9 Å². The summed E-state index contributed by atoms with van der Waals surface area (Å²) in [6, 6.07) is 7.29. The van der Waals surface area contributed by atoms with E-state index in [2.05, 4.69) is 35.9 Å². The van der Waals surface area contributed by atoms with Gasteiger partial charge in [0.25, 0.3) is 0 Å². The molecule has 0 aliphatic carbocycles. The number of nitrogens with one attached hydrogen (secondary N) is 1. The zero-order valence-corrected chi connectivity index (χ0v) is 18.9. The van der Waals surface area contributed by atoms with Crippen LogP contribution in [0, 0.1) is 11.7 Å². The highest BCUT2D eigenvalue weighted by Gasteiger charge is 2.21. The van der Waals surface area contributed by atoms with Crippen LogP contribution in [0.25, 0.3) is 0 Å². The Morgan fingerprint density at radius 3 is 2.65 bits per heavy atom. The van der Waals surface area contributed by atoms with Crippen LogP contribution < -0.4 is 5.32 Å². The van der Waals surface area contributed by atoms with Gasteiger partial charge in [-0.1, -0.05) is 12.1 Å². The highest BCUT2D eigenvalue weighted by atomic mass is 127. The fourth-order valence-corrected chi connectivity index (χ4v) is 3.34. The number of nitrogens with zero attached hydrogens (tertiary/aromatic N) is 3. The summed E-state index contributed by atoms with van der Waals surface area (Å²) in [6.07, 6.45) is 2.52. The van der Waals surface area contributed by atoms with Crippen LogP contribution in [0.3, 0.4) is 0 Å². The van der Waals surface area contributed by atoms with Crippen LogP contribution in [0.1, 0.15) is 39.2 Å². The van der Waals surface area contributed by atoms with Crippen molar-refractivity contribution in [3.63, 3.8) is 0 Å². The molecule has 2 rings (SSSR count). The molecule has 1 aliphatic heterocycles. The minimum absolute atomic E-state index is 0. The van der Waals surface area contributed by atoms with E-state index in [0.717, 1.165) is 37.7 Å². The van der Waals surface area contributed by atoms with E-state index in [1.54, 1.807) is 0 Å². The van der Waals surface area contributed by atoms with Gasteiger partial charge in [-0.2, -0.15) is 0 Å². The maximum Gasteiger partial charge on any atom is 0.193 e. The molecule has 1 aromatic rings. The standard InChI is InChI=1S/C20H33FN4.HI/c1-5-22-20(24(4)14-17-8-10-19(21)11-9-17)23-13-18-7-6-12-25(15-18)16(2)3;/h8-11,16,18H,5-7,12-15H2,1-4H3,(H,22,23);1H. The second-order valence-electron chi connectivity index (χ2n) is 7.27. The zero-order chi connectivity index (χ0) is 18.2. The number of guanidine groups is 1. The predicted molar refractivity (Wildman–Crippen MR) is 119 cm³/mol. The molecule has 148 valence electrons.